The highest BCUT2D eigenvalue weighted by atomic mass is 19.4. The van der Waals surface area contributed by atoms with Crippen LogP contribution in [0.5, 0.6) is 0 Å². The lowest BCUT2D eigenvalue weighted by Gasteiger charge is -2.18. The summed E-state index contributed by atoms with van der Waals surface area (Å²) in [5.74, 6) is 0. The van der Waals surface area contributed by atoms with Crippen molar-refractivity contribution in [3.05, 3.63) is 34.9 Å². The summed E-state index contributed by atoms with van der Waals surface area (Å²) < 4.78 is 74.8. The van der Waals surface area contributed by atoms with Crippen LogP contribution < -0.4 is 5.73 Å². The van der Waals surface area contributed by atoms with Crippen molar-refractivity contribution >= 4 is 0 Å². The molecule has 0 aromatic heterocycles. The zero-order chi connectivity index (χ0) is 14.1. The van der Waals surface area contributed by atoms with Gasteiger partial charge in [-0.25, -0.2) is 0 Å². The molecule has 1 aromatic carbocycles. The van der Waals surface area contributed by atoms with Crippen LogP contribution in [-0.4, -0.2) is 11.7 Å². The summed E-state index contributed by atoms with van der Waals surface area (Å²) >= 11 is 0. The number of aliphatic hydroxyl groups is 1. The van der Waals surface area contributed by atoms with Gasteiger partial charge in [0, 0.05) is 0 Å². The molecule has 0 saturated heterocycles. The number of alkyl halides is 6. The Labute approximate surface area is 98.0 Å². The number of nitrogens with two attached hydrogens (primary N) is 1. The van der Waals surface area contributed by atoms with Crippen LogP contribution in [0.3, 0.4) is 0 Å². The smallest absolute Gasteiger partial charge is 0.394 e. The molecule has 1 rings (SSSR count). The van der Waals surface area contributed by atoms with Crippen LogP contribution in [0.2, 0.25) is 0 Å². The van der Waals surface area contributed by atoms with E-state index in [1.165, 1.54) is 0 Å². The van der Waals surface area contributed by atoms with Gasteiger partial charge in [0.15, 0.2) is 0 Å². The predicted octanol–water partition coefficient (Wildman–Crippen LogP) is 2.72. The van der Waals surface area contributed by atoms with Crippen molar-refractivity contribution in [2.24, 2.45) is 5.73 Å². The van der Waals surface area contributed by atoms with E-state index in [2.05, 4.69) is 0 Å². The SMILES string of the molecule is N[C@H](CO)c1cc(C(F)(F)F)ccc1C(F)(F)F. The molecule has 0 radical (unpaired) electrons. The quantitative estimate of drug-likeness (QED) is 0.814. The third-order valence-corrected chi connectivity index (χ3v) is 2.28. The fourth-order valence-corrected chi connectivity index (χ4v) is 1.40. The Bertz CT molecular complexity index is 425. The first kappa shape index (κ1) is 14.8. The van der Waals surface area contributed by atoms with E-state index in [0.717, 1.165) is 0 Å². The minimum absolute atomic E-state index is 0.309. The van der Waals surface area contributed by atoms with Crippen LogP contribution in [0.4, 0.5) is 26.3 Å². The number of hydrogen-bond donors (Lipinski definition) is 2. The number of benzene rings is 1. The van der Waals surface area contributed by atoms with Gasteiger partial charge < -0.3 is 10.8 Å². The Kier molecular flexibility index (Phi) is 3.92. The molecule has 102 valence electrons. The Hall–Kier alpha value is -1.28. The maximum atomic E-state index is 12.6. The average molecular weight is 273 g/mol. The third kappa shape index (κ3) is 3.14. The van der Waals surface area contributed by atoms with Gasteiger partial charge in [-0.3, -0.25) is 0 Å². The Morgan fingerprint density at radius 1 is 1.06 bits per heavy atom. The first-order chi connectivity index (χ1) is 8.07. The summed E-state index contributed by atoms with van der Waals surface area (Å²) in [6.45, 7) is -0.885. The second-order valence-electron chi connectivity index (χ2n) is 3.59. The van der Waals surface area contributed by atoms with Crippen LogP contribution in [0, 0.1) is 0 Å². The topological polar surface area (TPSA) is 46.2 Å². The lowest BCUT2D eigenvalue weighted by atomic mass is 9.98. The summed E-state index contributed by atoms with van der Waals surface area (Å²) in [6, 6.07) is -0.572. The Morgan fingerprint density at radius 2 is 1.61 bits per heavy atom. The van der Waals surface area contributed by atoms with E-state index in [9.17, 15) is 26.3 Å². The lowest BCUT2D eigenvalue weighted by Crippen LogP contribution is -2.21. The van der Waals surface area contributed by atoms with E-state index < -0.39 is 41.7 Å². The van der Waals surface area contributed by atoms with E-state index in [-0.39, 0.29) is 0 Å². The molecule has 0 bridgehead atoms. The van der Waals surface area contributed by atoms with Gasteiger partial charge in [0.05, 0.1) is 23.8 Å². The largest absolute Gasteiger partial charge is 0.416 e. The van der Waals surface area contributed by atoms with Crippen molar-refractivity contribution < 1.29 is 31.4 Å². The Morgan fingerprint density at radius 3 is 2.00 bits per heavy atom. The van der Waals surface area contributed by atoms with Crippen molar-refractivity contribution in [2.45, 2.75) is 18.4 Å². The highest BCUT2D eigenvalue weighted by molar-refractivity contribution is 5.37. The van der Waals surface area contributed by atoms with E-state index in [1.54, 1.807) is 0 Å². The van der Waals surface area contributed by atoms with Gasteiger partial charge in [0.2, 0.25) is 0 Å². The number of hydrogen-bond acceptors (Lipinski definition) is 2. The molecule has 0 amide bonds. The summed E-state index contributed by atoms with van der Waals surface area (Å²) in [5, 5.41) is 8.70. The molecule has 2 nitrogen and oxygen atoms in total. The van der Waals surface area contributed by atoms with E-state index in [1.807, 2.05) is 0 Å². The van der Waals surface area contributed by atoms with Crippen molar-refractivity contribution in [3.63, 3.8) is 0 Å². The standard InChI is InChI=1S/C10H9F6NO/c11-9(12,13)5-1-2-7(10(14,15)16)6(3-5)8(17)4-18/h1-3,8,18H,4,17H2/t8-/m1/s1. The minimum atomic E-state index is -4.83. The zero-order valence-corrected chi connectivity index (χ0v) is 8.81. The van der Waals surface area contributed by atoms with E-state index >= 15 is 0 Å². The molecule has 0 saturated carbocycles. The highest BCUT2D eigenvalue weighted by Crippen LogP contribution is 2.38. The molecule has 8 heteroatoms. The average Bonchev–Trinajstić information content (AvgIpc) is 2.24. The molecule has 0 aliphatic carbocycles. The number of rotatable bonds is 2. The van der Waals surface area contributed by atoms with Crippen molar-refractivity contribution in [2.75, 3.05) is 6.61 Å². The van der Waals surface area contributed by atoms with Gasteiger partial charge in [-0.1, -0.05) is 0 Å². The molecule has 0 aliphatic rings. The molecule has 1 atom stereocenters. The lowest BCUT2D eigenvalue weighted by molar-refractivity contribution is -0.142. The monoisotopic (exact) mass is 273 g/mol. The van der Waals surface area contributed by atoms with Gasteiger partial charge >= 0.3 is 12.4 Å². The van der Waals surface area contributed by atoms with E-state index in [4.69, 9.17) is 10.8 Å². The Balaban J connectivity index is 3.39. The maximum absolute atomic E-state index is 12.6. The van der Waals surface area contributed by atoms with Gasteiger partial charge in [-0.05, 0) is 23.8 Å². The van der Waals surface area contributed by atoms with Crippen LogP contribution in [0.15, 0.2) is 18.2 Å². The van der Waals surface area contributed by atoms with Gasteiger partial charge in [-0.15, -0.1) is 0 Å². The highest BCUT2D eigenvalue weighted by Gasteiger charge is 2.37. The summed E-state index contributed by atoms with van der Waals surface area (Å²) in [7, 11) is 0. The fraction of sp³-hybridized carbons (Fsp3) is 0.400. The number of halogens is 6. The fourth-order valence-electron chi connectivity index (χ4n) is 1.40. The summed E-state index contributed by atoms with van der Waals surface area (Å²) in [4.78, 5) is 0. The second-order valence-corrected chi connectivity index (χ2v) is 3.59. The molecule has 0 aliphatic heterocycles. The molecular weight excluding hydrogens is 264 g/mol. The predicted molar refractivity (Wildman–Crippen MR) is 50.5 cm³/mol. The molecule has 0 heterocycles. The molecule has 0 unspecified atom stereocenters. The molecule has 0 fully saturated rings. The van der Waals surface area contributed by atoms with Crippen molar-refractivity contribution in [3.8, 4) is 0 Å². The molecule has 18 heavy (non-hydrogen) atoms. The van der Waals surface area contributed by atoms with Crippen LogP contribution in [0.1, 0.15) is 22.7 Å². The normalized spacial score (nSPS) is 14.7. The van der Waals surface area contributed by atoms with Crippen molar-refractivity contribution in [1.82, 2.24) is 0 Å². The molecule has 1 aromatic rings. The van der Waals surface area contributed by atoms with Crippen LogP contribution in [0.25, 0.3) is 0 Å². The maximum Gasteiger partial charge on any atom is 0.416 e. The zero-order valence-electron chi connectivity index (χ0n) is 8.81. The van der Waals surface area contributed by atoms with Gasteiger partial charge in [-0.2, -0.15) is 26.3 Å². The molecule has 0 spiro atoms. The molecular formula is C10H9F6NO. The minimum Gasteiger partial charge on any atom is -0.394 e. The van der Waals surface area contributed by atoms with Crippen LogP contribution in [-0.2, 0) is 12.4 Å². The van der Waals surface area contributed by atoms with Crippen molar-refractivity contribution in [1.29, 1.82) is 0 Å². The second kappa shape index (κ2) is 4.77. The first-order valence-electron chi connectivity index (χ1n) is 4.72. The first-order valence-corrected chi connectivity index (χ1v) is 4.72. The number of aliphatic hydroxyl groups excluding tert-OH is 1. The van der Waals surface area contributed by atoms with E-state index in [0.29, 0.717) is 18.2 Å². The summed E-state index contributed by atoms with van der Waals surface area (Å²) in [5.41, 5.74) is 1.89. The van der Waals surface area contributed by atoms with Crippen LogP contribution >= 0.6 is 0 Å². The third-order valence-electron chi connectivity index (χ3n) is 2.28. The van der Waals surface area contributed by atoms with Gasteiger partial charge in [0.25, 0.3) is 0 Å². The van der Waals surface area contributed by atoms with Gasteiger partial charge in [0.1, 0.15) is 0 Å². The molecule has 3 N–H and O–H groups in total. The summed E-state index contributed by atoms with van der Waals surface area (Å²) in [6.07, 6.45) is -9.60.